The van der Waals surface area contributed by atoms with Crippen molar-refractivity contribution in [2.24, 2.45) is 7.05 Å². The molecule has 0 aliphatic heterocycles. The van der Waals surface area contributed by atoms with Crippen molar-refractivity contribution in [2.75, 3.05) is 0 Å². The predicted octanol–water partition coefficient (Wildman–Crippen LogP) is 2.49. The minimum atomic E-state index is 0.872. The fourth-order valence-electron chi connectivity index (χ4n) is 1.48. The average Bonchev–Trinajstić information content (AvgIpc) is 2.33. The van der Waals surface area contributed by atoms with Crippen LogP contribution in [0.25, 0.3) is 6.08 Å². The van der Waals surface area contributed by atoms with Crippen LogP contribution in [0.4, 0.5) is 0 Å². The lowest BCUT2D eigenvalue weighted by molar-refractivity contribution is 0.719. The summed E-state index contributed by atoms with van der Waals surface area (Å²) in [4.78, 5) is 0. The molecule has 0 saturated carbocycles. The molecule has 0 fully saturated rings. The van der Waals surface area contributed by atoms with Crippen molar-refractivity contribution in [1.29, 1.82) is 0 Å². The monoisotopic (exact) mass is 176 g/mol. The Hall–Kier alpha value is -1.31. The van der Waals surface area contributed by atoms with Crippen LogP contribution in [0.15, 0.2) is 18.7 Å². The van der Waals surface area contributed by atoms with Gasteiger partial charge in [-0.15, -0.1) is 6.58 Å². The first-order valence-corrected chi connectivity index (χ1v) is 4.46. The molecule has 0 aliphatic rings. The van der Waals surface area contributed by atoms with Gasteiger partial charge in [-0.1, -0.05) is 18.2 Å². The van der Waals surface area contributed by atoms with Crippen LogP contribution in [0.3, 0.4) is 0 Å². The van der Waals surface area contributed by atoms with Gasteiger partial charge in [-0.25, -0.2) is 0 Å². The lowest BCUT2D eigenvalue weighted by atomic mass is 10.1. The van der Waals surface area contributed by atoms with Gasteiger partial charge in [0, 0.05) is 24.7 Å². The molecule has 13 heavy (non-hydrogen) atoms. The maximum atomic E-state index is 4.37. The molecular formula is C11H16N2. The number of hydrogen-bond acceptors (Lipinski definition) is 1. The van der Waals surface area contributed by atoms with E-state index in [1.807, 2.05) is 37.7 Å². The molecule has 0 unspecified atom stereocenters. The molecule has 70 valence electrons. The largest absolute Gasteiger partial charge is 0.271 e. The maximum Gasteiger partial charge on any atom is 0.0668 e. The fourth-order valence-corrected chi connectivity index (χ4v) is 1.48. The first-order chi connectivity index (χ1) is 6.20. The van der Waals surface area contributed by atoms with E-state index in [1.165, 1.54) is 11.3 Å². The molecule has 0 aliphatic carbocycles. The third-order valence-corrected chi connectivity index (χ3v) is 2.06. The van der Waals surface area contributed by atoms with Crippen LogP contribution in [0.1, 0.15) is 23.9 Å². The molecule has 0 atom stereocenters. The number of aryl methyl sites for hydroxylation is 2. The Morgan fingerprint density at radius 2 is 2.23 bits per heavy atom. The standard InChI is InChI=1S/C11H16N2/c1-5-7-10-9(3)12-13(4)11(10)8-6-2/h5-7H,2,8H2,1,3-4H3/b7-5-. The maximum absolute atomic E-state index is 4.37. The highest BCUT2D eigenvalue weighted by molar-refractivity contribution is 5.54. The predicted molar refractivity (Wildman–Crippen MR) is 56.6 cm³/mol. The quantitative estimate of drug-likeness (QED) is 0.647. The van der Waals surface area contributed by atoms with Gasteiger partial charge in [0.1, 0.15) is 0 Å². The van der Waals surface area contributed by atoms with Crippen LogP contribution in [-0.2, 0) is 13.5 Å². The van der Waals surface area contributed by atoms with Crippen LogP contribution < -0.4 is 0 Å². The molecule has 0 N–H and O–H groups in total. The summed E-state index contributed by atoms with van der Waals surface area (Å²) in [5.41, 5.74) is 3.54. The van der Waals surface area contributed by atoms with Gasteiger partial charge in [0.15, 0.2) is 0 Å². The van der Waals surface area contributed by atoms with E-state index in [9.17, 15) is 0 Å². The van der Waals surface area contributed by atoms with Gasteiger partial charge in [0.2, 0.25) is 0 Å². The topological polar surface area (TPSA) is 17.8 Å². The number of aromatic nitrogens is 2. The van der Waals surface area contributed by atoms with Crippen molar-refractivity contribution in [3.8, 4) is 0 Å². The molecule has 0 saturated heterocycles. The van der Waals surface area contributed by atoms with E-state index in [0.29, 0.717) is 0 Å². The SMILES string of the molecule is C=CCc1c(/C=C\C)c(C)nn1C. The van der Waals surface area contributed by atoms with Gasteiger partial charge in [0.05, 0.1) is 5.69 Å². The summed E-state index contributed by atoms with van der Waals surface area (Å²) in [6, 6.07) is 0. The summed E-state index contributed by atoms with van der Waals surface area (Å²) in [5, 5.41) is 4.37. The summed E-state index contributed by atoms with van der Waals surface area (Å²) in [5.74, 6) is 0. The first kappa shape index (κ1) is 9.78. The Kier molecular flexibility index (Phi) is 3.07. The molecule has 0 bridgehead atoms. The van der Waals surface area contributed by atoms with Gasteiger partial charge >= 0.3 is 0 Å². The molecule has 0 spiro atoms. The zero-order valence-corrected chi connectivity index (χ0v) is 8.54. The van der Waals surface area contributed by atoms with Crippen molar-refractivity contribution in [3.05, 3.63) is 35.7 Å². The van der Waals surface area contributed by atoms with E-state index in [1.54, 1.807) is 0 Å². The normalized spacial score (nSPS) is 11.0. The number of nitrogens with zero attached hydrogens (tertiary/aromatic N) is 2. The lowest BCUT2D eigenvalue weighted by Gasteiger charge is -1.98. The molecular weight excluding hydrogens is 160 g/mol. The Bertz CT molecular complexity index is 332. The van der Waals surface area contributed by atoms with E-state index in [-0.39, 0.29) is 0 Å². The summed E-state index contributed by atoms with van der Waals surface area (Å²) in [6.07, 6.45) is 6.91. The highest BCUT2D eigenvalue weighted by atomic mass is 15.3. The van der Waals surface area contributed by atoms with Gasteiger partial charge in [-0.2, -0.15) is 5.10 Å². The molecule has 2 heteroatoms. The highest BCUT2D eigenvalue weighted by Crippen LogP contribution is 2.15. The van der Waals surface area contributed by atoms with Gasteiger partial charge < -0.3 is 0 Å². The van der Waals surface area contributed by atoms with Crippen LogP contribution in [0.5, 0.6) is 0 Å². The van der Waals surface area contributed by atoms with Gasteiger partial charge in [-0.05, 0) is 13.8 Å². The van der Waals surface area contributed by atoms with Crippen molar-refractivity contribution in [1.82, 2.24) is 9.78 Å². The third kappa shape index (κ3) is 1.89. The zero-order valence-electron chi connectivity index (χ0n) is 8.54. The summed E-state index contributed by atoms with van der Waals surface area (Å²) < 4.78 is 1.92. The summed E-state index contributed by atoms with van der Waals surface area (Å²) in [6.45, 7) is 7.79. The first-order valence-electron chi connectivity index (χ1n) is 4.46. The van der Waals surface area contributed by atoms with Gasteiger partial charge in [-0.3, -0.25) is 4.68 Å². The van der Waals surface area contributed by atoms with E-state index in [2.05, 4.69) is 17.8 Å². The van der Waals surface area contributed by atoms with Crippen LogP contribution in [-0.4, -0.2) is 9.78 Å². The molecule has 2 nitrogen and oxygen atoms in total. The molecule has 0 aromatic carbocycles. The number of allylic oxidation sites excluding steroid dienone is 2. The smallest absolute Gasteiger partial charge is 0.0668 e. The van der Waals surface area contributed by atoms with E-state index >= 15 is 0 Å². The second kappa shape index (κ2) is 4.08. The molecule has 0 amide bonds. The van der Waals surface area contributed by atoms with Crippen LogP contribution >= 0.6 is 0 Å². The van der Waals surface area contributed by atoms with E-state index in [4.69, 9.17) is 0 Å². The Morgan fingerprint density at radius 3 is 2.77 bits per heavy atom. The Labute approximate surface area is 79.6 Å². The second-order valence-corrected chi connectivity index (χ2v) is 3.06. The molecule has 1 rings (SSSR count). The molecule has 1 heterocycles. The number of rotatable bonds is 3. The van der Waals surface area contributed by atoms with Crippen molar-refractivity contribution >= 4 is 6.08 Å². The highest BCUT2D eigenvalue weighted by Gasteiger charge is 2.07. The second-order valence-electron chi connectivity index (χ2n) is 3.06. The minimum Gasteiger partial charge on any atom is -0.271 e. The Morgan fingerprint density at radius 1 is 1.54 bits per heavy atom. The molecule has 1 aromatic heterocycles. The average molecular weight is 176 g/mol. The fraction of sp³-hybridized carbons (Fsp3) is 0.364. The lowest BCUT2D eigenvalue weighted by Crippen LogP contribution is -1.97. The van der Waals surface area contributed by atoms with Crippen molar-refractivity contribution in [2.45, 2.75) is 20.3 Å². The zero-order chi connectivity index (χ0) is 9.84. The summed E-state index contributed by atoms with van der Waals surface area (Å²) >= 11 is 0. The van der Waals surface area contributed by atoms with E-state index in [0.717, 1.165) is 12.1 Å². The van der Waals surface area contributed by atoms with Crippen LogP contribution in [0.2, 0.25) is 0 Å². The summed E-state index contributed by atoms with van der Waals surface area (Å²) in [7, 11) is 1.97. The Balaban J connectivity index is 3.19. The van der Waals surface area contributed by atoms with Crippen LogP contribution in [0, 0.1) is 6.92 Å². The number of hydrogen-bond donors (Lipinski definition) is 0. The molecule has 0 radical (unpaired) electrons. The molecule has 1 aromatic rings. The van der Waals surface area contributed by atoms with Gasteiger partial charge in [0.25, 0.3) is 0 Å². The minimum absolute atomic E-state index is 0.872. The van der Waals surface area contributed by atoms with Crippen molar-refractivity contribution in [3.63, 3.8) is 0 Å². The van der Waals surface area contributed by atoms with E-state index < -0.39 is 0 Å². The third-order valence-electron chi connectivity index (χ3n) is 2.06. The van der Waals surface area contributed by atoms with Crippen molar-refractivity contribution < 1.29 is 0 Å².